The van der Waals surface area contributed by atoms with Crippen LogP contribution in [0.5, 0.6) is 0 Å². The number of nitrogens with one attached hydrogen (secondary N) is 1. The third-order valence-electron chi connectivity index (χ3n) is 4.71. The quantitative estimate of drug-likeness (QED) is 0.893. The van der Waals surface area contributed by atoms with Gasteiger partial charge in [0.1, 0.15) is 0 Å². The largest absolute Gasteiger partial charge is 0.314 e. The lowest BCUT2D eigenvalue weighted by Crippen LogP contribution is -2.49. The molecule has 2 rings (SSSR count). The van der Waals surface area contributed by atoms with Crippen LogP contribution >= 0.6 is 0 Å². The average Bonchev–Trinajstić information content (AvgIpc) is 2.40. The Morgan fingerprint density at radius 3 is 2.58 bits per heavy atom. The summed E-state index contributed by atoms with van der Waals surface area (Å²) in [6.45, 7) is 13.9. The van der Waals surface area contributed by atoms with Crippen LogP contribution in [0.1, 0.15) is 39.3 Å². The maximum Gasteiger partial charge on any atom is 0.0473 e. The molecule has 2 nitrogen and oxygen atoms in total. The molecule has 0 radical (unpaired) electrons. The molecule has 1 unspecified atom stereocenters. The zero-order valence-corrected chi connectivity index (χ0v) is 12.8. The molecule has 0 aliphatic carbocycles. The van der Waals surface area contributed by atoms with Gasteiger partial charge >= 0.3 is 0 Å². The SMILES string of the molecule is CC(C)C(C)(C)CN1CCNCC1c1ccccc1. The molecule has 1 N–H and O–H groups in total. The number of rotatable bonds is 4. The highest BCUT2D eigenvalue weighted by atomic mass is 15.2. The first kappa shape index (κ1) is 14.5. The van der Waals surface area contributed by atoms with Crippen molar-refractivity contribution >= 4 is 0 Å². The molecule has 19 heavy (non-hydrogen) atoms. The molecule has 1 aliphatic rings. The molecular weight excluding hydrogens is 232 g/mol. The second kappa shape index (κ2) is 6.06. The molecule has 0 aromatic heterocycles. The van der Waals surface area contributed by atoms with Crippen molar-refractivity contribution in [2.45, 2.75) is 33.7 Å². The normalized spacial score (nSPS) is 21.8. The highest BCUT2D eigenvalue weighted by Crippen LogP contribution is 2.31. The Morgan fingerprint density at radius 1 is 1.26 bits per heavy atom. The molecule has 0 bridgehead atoms. The summed E-state index contributed by atoms with van der Waals surface area (Å²) in [5.74, 6) is 0.707. The third-order valence-corrected chi connectivity index (χ3v) is 4.71. The van der Waals surface area contributed by atoms with Crippen LogP contribution < -0.4 is 5.32 Å². The Bertz CT molecular complexity index is 384. The Balaban J connectivity index is 2.13. The van der Waals surface area contributed by atoms with E-state index >= 15 is 0 Å². The monoisotopic (exact) mass is 260 g/mol. The molecule has 1 saturated heterocycles. The van der Waals surface area contributed by atoms with Gasteiger partial charge in [0.15, 0.2) is 0 Å². The first-order valence-corrected chi connectivity index (χ1v) is 7.50. The molecule has 1 atom stereocenters. The summed E-state index contributed by atoms with van der Waals surface area (Å²) < 4.78 is 0. The lowest BCUT2D eigenvalue weighted by atomic mass is 9.80. The average molecular weight is 260 g/mol. The van der Waals surface area contributed by atoms with E-state index in [1.807, 2.05) is 0 Å². The Morgan fingerprint density at radius 2 is 1.95 bits per heavy atom. The topological polar surface area (TPSA) is 15.3 Å². The second-order valence-corrected chi connectivity index (χ2v) is 6.74. The summed E-state index contributed by atoms with van der Waals surface area (Å²) in [5, 5.41) is 3.54. The predicted octanol–water partition coefficient (Wildman–Crippen LogP) is 3.32. The minimum Gasteiger partial charge on any atom is -0.314 e. The maximum absolute atomic E-state index is 3.54. The lowest BCUT2D eigenvalue weighted by molar-refractivity contribution is 0.0806. The van der Waals surface area contributed by atoms with E-state index in [9.17, 15) is 0 Å². The van der Waals surface area contributed by atoms with Gasteiger partial charge in [-0.3, -0.25) is 4.90 Å². The van der Waals surface area contributed by atoms with Crippen LogP contribution in [0.4, 0.5) is 0 Å². The van der Waals surface area contributed by atoms with E-state index in [0.717, 1.165) is 19.6 Å². The van der Waals surface area contributed by atoms with Gasteiger partial charge < -0.3 is 5.32 Å². The van der Waals surface area contributed by atoms with Crippen molar-refractivity contribution in [1.82, 2.24) is 10.2 Å². The Hall–Kier alpha value is -0.860. The predicted molar refractivity (Wildman–Crippen MR) is 82.2 cm³/mol. The summed E-state index contributed by atoms with van der Waals surface area (Å²) >= 11 is 0. The van der Waals surface area contributed by atoms with Gasteiger partial charge in [-0.15, -0.1) is 0 Å². The molecule has 1 aliphatic heterocycles. The molecule has 106 valence electrons. The van der Waals surface area contributed by atoms with Crippen LogP contribution in [0.3, 0.4) is 0 Å². The van der Waals surface area contributed by atoms with Crippen molar-refractivity contribution in [1.29, 1.82) is 0 Å². The molecule has 0 saturated carbocycles. The van der Waals surface area contributed by atoms with Gasteiger partial charge in [0.25, 0.3) is 0 Å². The van der Waals surface area contributed by atoms with Crippen molar-refractivity contribution in [3.8, 4) is 0 Å². The van der Waals surface area contributed by atoms with Crippen LogP contribution in [-0.4, -0.2) is 31.1 Å². The first-order valence-electron chi connectivity index (χ1n) is 7.50. The zero-order chi connectivity index (χ0) is 13.9. The van der Waals surface area contributed by atoms with Gasteiger partial charge in [0.2, 0.25) is 0 Å². The maximum atomic E-state index is 3.54. The highest BCUT2D eigenvalue weighted by molar-refractivity contribution is 5.20. The summed E-state index contributed by atoms with van der Waals surface area (Å²) in [4.78, 5) is 2.66. The third kappa shape index (κ3) is 3.58. The van der Waals surface area contributed by atoms with E-state index in [2.05, 4.69) is 68.2 Å². The van der Waals surface area contributed by atoms with Crippen LogP contribution in [0.2, 0.25) is 0 Å². The summed E-state index contributed by atoms with van der Waals surface area (Å²) in [6, 6.07) is 11.4. The van der Waals surface area contributed by atoms with E-state index in [1.54, 1.807) is 0 Å². The van der Waals surface area contributed by atoms with Crippen LogP contribution in [0.15, 0.2) is 30.3 Å². The van der Waals surface area contributed by atoms with Gasteiger partial charge in [-0.05, 0) is 16.9 Å². The minimum atomic E-state index is 0.365. The van der Waals surface area contributed by atoms with Crippen molar-refractivity contribution in [2.75, 3.05) is 26.2 Å². The molecule has 1 aromatic rings. The molecule has 2 heteroatoms. The van der Waals surface area contributed by atoms with Crippen LogP contribution in [-0.2, 0) is 0 Å². The van der Waals surface area contributed by atoms with E-state index in [4.69, 9.17) is 0 Å². The number of hydrogen-bond acceptors (Lipinski definition) is 2. The standard InChI is InChI=1S/C17H28N2/c1-14(2)17(3,4)13-19-11-10-18-12-16(19)15-8-6-5-7-9-15/h5-9,14,16,18H,10-13H2,1-4H3. The second-order valence-electron chi connectivity index (χ2n) is 6.74. The highest BCUT2D eigenvalue weighted by Gasteiger charge is 2.31. The van der Waals surface area contributed by atoms with Gasteiger partial charge in [-0.2, -0.15) is 0 Å². The summed E-state index contributed by atoms with van der Waals surface area (Å²) in [5.41, 5.74) is 1.80. The Labute approximate surface area is 118 Å². The summed E-state index contributed by atoms with van der Waals surface area (Å²) in [7, 11) is 0. The van der Waals surface area contributed by atoms with Gasteiger partial charge in [0, 0.05) is 32.2 Å². The minimum absolute atomic E-state index is 0.365. The van der Waals surface area contributed by atoms with Crippen molar-refractivity contribution < 1.29 is 0 Å². The van der Waals surface area contributed by atoms with E-state index in [-0.39, 0.29) is 0 Å². The molecule has 1 fully saturated rings. The van der Waals surface area contributed by atoms with Gasteiger partial charge in [-0.1, -0.05) is 58.0 Å². The van der Waals surface area contributed by atoms with E-state index < -0.39 is 0 Å². The zero-order valence-electron chi connectivity index (χ0n) is 12.8. The fourth-order valence-corrected chi connectivity index (χ4v) is 2.65. The molecular formula is C17H28N2. The number of nitrogens with zero attached hydrogens (tertiary/aromatic N) is 1. The molecule has 0 amide bonds. The van der Waals surface area contributed by atoms with Gasteiger partial charge in [-0.25, -0.2) is 0 Å². The van der Waals surface area contributed by atoms with Crippen LogP contribution in [0.25, 0.3) is 0 Å². The van der Waals surface area contributed by atoms with Gasteiger partial charge in [0.05, 0.1) is 0 Å². The van der Waals surface area contributed by atoms with Crippen molar-refractivity contribution in [2.24, 2.45) is 11.3 Å². The number of benzene rings is 1. The lowest BCUT2D eigenvalue weighted by Gasteiger charge is -2.42. The number of hydrogen-bond donors (Lipinski definition) is 1. The van der Waals surface area contributed by atoms with E-state index in [1.165, 1.54) is 12.1 Å². The number of piperazine rings is 1. The molecule has 0 spiro atoms. The molecule has 1 aromatic carbocycles. The van der Waals surface area contributed by atoms with E-state index in [0.29, 0.717) is 17.4 Å². The molecule has 1 heterocycles. The fourth-order valence-electron chi connectivity index (χ4n) is 2.65. The fraction of sp³-hybridized carbons (Fsp3) is 0.647. The smallest absolute Gasteiger partial charge is 0.0473 e. The van der Waals surface area contributed by atoms with Crippen molar-refractivity contribution in [3.63, 3.8) is 0 Å². The first-order chi connectivity index (χ1) is 9.00. The summed E-state index contributed by atoms with van der Waals surface area (Å²) in [6.07, 6.45) is 0. The van der Waals surface area contributed by atoms with Crippen molar-refractivity contribution in [3.05, 3.63) is 35.9 Å². The van der Waals surface area contributed by atoms with Crippen LogP contribution in [0, 0.1) is 11.3 Å². The Kier molecular flexibility index (Phi) is 4.64.